The Kier molecular flexibility index (Phi) is 5.73. The average Bonchev–Trinajstić information content (AvgIpc) is 2.84. The fourth-order valence-corrected chi connectivity index (χ4v) is 3.50. The molecule has 0 aliphatic carbocycles. The monoisotopic (exact) mass is 354 g/mol. The first kappa shape index (κ1) is 17.4. The van der Waals surface area contributed by atoms with Crippen molar-refractivity contribution in [2.24, 2.45) is 0 Å². The van der Waals surface area contributed by atoms with E-state index in [1.165, 1.54) is 35.8 Å². The van der Waals surface area contributed by atoms with Crippen molar-refractivity contribution in [2.45, 2.75) is 11.3 Å². The second-order valence-corrected chi connectivity index (χ2v) is 6.95. The number of thiol groups is 1. The highest BCUT2D eigenvalue weighted by molar-refractivity contribution is 7.89. The minimum atomic E-state index is -3.69. The Bertz CT molecular complexity index is 742. The number of carbonyl (C=O) groups excluding carboxylic acids is 1. The summed E-state index contributed by atoms with van der Waals surface area (Å²) in [4.78, 5) is 11.6. The lowest BCUT2D eigenvalue weighted by Crippen LogP contribution is -2.26. The summed E-state index contributed by atoms with van der Waals surface area (Å²) < 4.78 is 31.9. The zero-order chi connectivity index (χ0) is 16.9. The first-order chi connectivity index (χ1) is 11.0. The first-order valence-corrected chi connectivity index (χ1v) is 9.00. The van der Waals surface area contributed by atoms with Crippen molar-refractivity contribution in [1.82, 2.24) is 4.31 Å². The number of methoxy groups -OCH3 is 1. The number of nitrogens with one attached hydrogen (secondary N) is 1. The van der Waals surface area contributed by atoms with Gasteiger partial charge in [0.2, 0.25) is 5.91 Å². The summed E-state index contributed by atoms with van der Waals surface area (Å²) in [6.45, 7) is 0.361. The zero-order valence-electron chi connectivity index (χ0n) is 12.6. The molecule has 124 valence electrons. The minimum absolute atomic E-state index is 0.0132. The van der Waals surface area contributed by atoms with Crippen molar-refractivity contribution in [1.29, 1.82) is 0 Å². The molecule has 0 aromatic heterocycles. The quantitative estimate of drug-likeness (QED) is 0.794. The van der Waals surface area contributed by atoms with Crippen LogP contribution in [0.25, 0.3) is 0 Å². The van der Waals surface area contributed by atoms with E-state index >= 15 is 0 Å². The second-order valence-electron chi connectivity index (χ2n) is 4.74. The number of rotatable bonds is 5. The molecule has 23 heavy (non-hydrogen) atoms. The maximum atomic E-state index is 12.7. The van der Waals surface area contributed by atoms with Gasteiger partial charge in [0, 0.05) is 12.7 Å². The lowest BCUT2D eigenvalue weighted by atomic mass is 10.3. The molecule has 0 saturated heterocycles. The van der Waals surface area contributed by atoms with Gasteiger partial charge in [-0.25, -0.2) is 8.42 Å². The lowest BCUT2D eigenvalue weighted by Gasteiger charge is -2.20. The molecule has 2 rings (SSSR count). The van der Waals surface area contributed by atoms with E-state index < -0.39 is 10.0 Å². The van der Waals surface area contributed by atoms with Gasteiger partial charge >= 0.3 is 0 Å². The third-order valence-electron chi connectivity index (χ3n) is 3.21. The number of benzene rings is 1. The summed E-state index contributed by atoms with van der Waals surface area (Å²) in [5.74, 6) is 0.0212. The van der Waals surface area contributed by atoms with Gasteiger partial charge in [-0.1, -0.05) is 12.2 Å². The third-order valence-corrected chi connectivity index (χ3v) is 5.27. The molecule has 0 saturated carbocycles. The van der Waals surface area contributed by atoms with Crippen LogP contribution >= 0.6 is 12.6 Å². The van der Waals surface area contributed by atoms with Gasteiger partial charge in [0.05, 0.1) is 23.4 Å². The molecule has 0 fully saturated rings. The van der Waals surface area contributed by atoms with Crippen LogP contribution in [0, 0.1) is 0 Å². The standard InChI is InChI=1S/C15H18N2O4S2/c1-21-14-7-6-12(10-13(14)16-15(18)11-22)23(19,20)17-8-4-2-3-5-9-17/h2-4,6-8,10,22H,5,9,11H2,1H3,(H,16,18). The van der Waals surface area contributed by atoms with Crippen molar-refractivity contribution in [3.8, 4) is 5.75 Å². The second kappa shape index (κ2) is 7.56. The SMILES string of the molecule is COc1ccc(S(=O)(=O)N2C=CC=CCC2)cc1NC(=O)CS. The molecule has 8 heteroatoms. The van der Waals surface area contributed by atoms with E-state index in [-0.39, 0.29) is 16.6 Å². The number of amides is 1. The van der Waals surface area contributed by atoms with Crippen molar-refractivity contribution in [2.75, 3.05) is 24.7 Å². The van der Waals surface area contributed by atoms with Crippen LogP contribution in [0.3, 0.4) is 0 Å². The predicted molar refractivity (Wildman–Crippen MR) is 92.3 cm³/mol. The van der Waals surface area contributed by atoms with Gasteiger partial charge in [0.1, 0.15) is 5.75 Å². The Labute approximate surface area is 141 Å². The number of ether oxygens (including phenoxy) is 1. The van der Waals surface area contributed by atoms with Crippen molar-refractivity contribution in [3.63, 3.8) is 0 Å². The molecule has 1 amide bonds. The molecule has 0 bridgehead atoms. The van der Waals surface area contributed by atoms with Crippen molar-refractivity contribution >= 4 is 34.2 Å². The van der Waals surface area contributed by atoms with Gasteiger partial charge in [-0.15, -0.1) is 0 Å². The van der Waals surface area contributed by atoms with Crippen LogP contribution < -0.4 is 10.1 Å². The Balaban J connectivity index is 2.38. The molecule has 1 aliphatic rings. The number of allylic oxidation sites excluding steroid dienone is 2. The Morgan fingerprint density at radius 1 is 1.39 bits per heavy atom. The number of sulfonamides is 1. The predicted octanol–water partition coefficient (Wildman–Crippen LogP) is 2.03. The molecule has 1 aliphatic heterocycles. The molecule has 6 nitrogen and oxygen atoms in total. The number of hydrogen-bond donors (Lipinski definition) is 2. The summed E-state index contributed by atoms with van der Waals surface area (Å²) in [6, 6.07) is 4.36. The summed E-state index contributed by atoms with van der Waals surface area (Å²) >= 11 is 3.89. The summed E-state index contributed by atoms with van der Waals surface area (Å²) in [7, 11) is -2.25. The topological polar surface area (TPSA) is 75.7 Å². The van der Waals surface area contributed by atoms with E-state index in [9.17, 15) is 13.2 Å². The lowest BCUT2D eigenvalue weighted by molar-refractivity contribution is -0.113. The third kappa shape index (κ3) is 4.08. The number of hydrogen-bond acceptors (Lipinski definition) is 5. The number of anilines is 1. The Morgan fingerprint density at radius 2 is 2.17 bits per heavy atom. The van der Waals surface area contributed by atoms with Crippen molar-refractivity contribution < 1.29 is 17.9 Å². The van der Waals surface area contributed by atoms with Gasteiger partial charge in [-0.2, -0.15) is 12.6 Å². The van der Waals surface area contributed by atoms with Crippen LogP contribution in [0.5, 0.6) is 5.75 Å². The maximum Gasteiger partial charge on any atom is 0.263 e. The van der Waals surface area contributed by atoms with Gasteiger partial charge in [0.25, 0.3) is 10.0 Å². The maximum absolute atomic E-state index is 12.7. The van der Waals surface area contributed by atoms with Crippen molar-refractivity contribution in [3.05, 3.63) is 42.6 Å². The normalized spacial score (nSPS) is 14.4. The van der Waals surface area contributed by atoms with E-state index in [1.807, 2.05) is 12.2 Å². The average molecular weight is 354 g/mol. The molecule has 0 atom stereocenters. The van der Waals surface area contributed by atoms with Crippen LogP contribution in [0.1, 0.15) is 6.42 Å². The molecule has 0 radical (unpaired) electrons. The molecule has 1 aromatic rings. The summed E-state index contributed by atoms with van der Waals surface area (Å²) in [5.41, 5.74) is 0.296. The highest BCUT2D eigenvalue weighted by Gasteiger charge is 2.23. The van der Waals surface area contributed by atoms with Gasteiger partial charge in [-0.05, 0) is 30.7 Å². The summed E-state index contributed by atoms with van der Waals surface area (Å²) in [5, 5.41) is 2.59. The molecule has 1 N–H and O–H groups in total. The molecule has 0 unspecified atom stereocenters. The highest BCUT2D eigenvalue weighted by Crippen LogP contribution is 2.29. The smallest absolute Gasteiger partial charge is 0.263 e. The molecular weight excluding hydrogens is 336 g/mol. The fourth-order valence-electron chi connectivity index (χ4n) is 2.07. The van der Waals surface area contributed by atoms with E-state index in [0.717, 1.165) is 0 Å². The molecule has 1 heterocycles. The Morgan fingerprint density at radius 3 is 2.87 bits per heavy atom. The number of nitrogens with zero attached hydrogens (tertiary/aromatic N) is 1. The first-order valence-electron chi connectivity index (χ1n) is 6.93. The Hall–Kier alpha value is -1.93. The van der Waals surface area contributed by atoms with Crippen LogP contribution in [0.15, 0.2) is 47.5 Å². The van der Waals surface area contributed by atoms with E-state index in [0.29, 0.717) is 24.4 Å². The van der Waals surface area contributed by atoms with Crippen LogP contribution in [0.4, 0.5) is 5.69 Å². The van der Waals surface area contributed by atoms with E-state index in [2.05, 4.69) is 17.9 Å². The van der Waals surface area contributed by atoms with Gasteiger partial charge in [-0.3, -0.25) is 9.10 Å². The van der Waals surface area contributed by atoms with Gasteiger partial charge < -0.3 is 10.1 Å². The minimum Gasteiger partial charge on any atom is -0.495 e. The number of carbonyl (C=O) groups is 1. The van der Waals surface area contributed by atoms with E-state index in [4.69, 9.17) is 4.74 Å². The van der Waals surface area contributed by atoms with Gasteiger partial charge in [0.15, 0.2) is 0 Å². The van der Waals surface area contributed by atoms with Crippen LogP contribution in [0.2, 0.25) is 0 Å². The van der Waals surface area contributed by atoms with E-state index in [1.54, 1.807) is 6.08 Å². The van der Waals surface area contributed by atoms with Crippen LogP contribution in [-0.2, 0) is 14.8 Å². The summed E-state index contributed by atoms with van der Waals surface area (Å²) in [6.07, 6.45) is 7.54. The zero-order valence-corrected chi connectivity index (χ0v) is 14.3. The highest BCUT2D eigenvalue weighted by atomic mass is 32.2. The molecule has 0 spiro atoms. The molecular formula is C15H18N2O4S2. The largest absolute Gasteiger partial charge is 0.495 e. The molecule has 1 aromatic carbocycles. The fraction of sp³-hybridized carbons (Fsp3) is 0.267. The van der Waals surface area contributed by atoms with Crippen LogP contribution in [-0.4, -0.2) is 38.0 Å².